The fourth-order valence-electron chi connectivity index (χ4n) is 2.55. The van der Waals surface area contributed by atoms with Crippen LogP contribution in [0.4, 0.5) is 0 Å². The molecule has 2 aromatic heterocycles. The molecule has 1 aliphatic carbocycles. The van der Waals surface area contributed by atoms with Gasteiger partial charge >= 0.3 is 0 Å². The zero-order valence-corrected chi connectivity index (χ0v) is 10.5. The van der Waals surface area contributed by atoms with Crippen molar-refractivity contribution in [1.29, 1.82) is 0 Å². The summed E-state index contributed by atoms with van der Waals surface area (Å²) in [4.78, 5) is 12.2. The Morgan fingerprint density at radius 2 is 2.11 bits per heavy atom. The summed E-state index contributed by atoms with van der Waals surface area (Å²) in [5, 5.41) is 20.0. The van der Waals surface area contributed by atoms with Gasteiger partial charge in [-0.05, 0) is 23.9 Å². The van der Waals surface area contributed by atoms with E-state index in [1.54, 1.807) is 17.1 Å². The summed E-state index contributed by atoms with van der Waals surface area (Å²) < 4.78 is 1.76. The van der Waals surface area contributed by atoms with Crippen LogP contribution in [0.1, 0.15) is 19.4 Å². The van der Waals surface area contributed by atoms with Gasteiger partial charge in [-0.2, -0.15) is 4.98 Å². The number of imidazole rings is 1. The van der Waals surface area contributed by atoms with Gasteiger partial charge < -0.3 is 14.8 Å². The normalized spacial score (nSPS) is 32.2. The van der Waals surface area contributed by atoms with Gasteiger partial charge in [-0.15, -0.1) is 0 Å². The molecule has 3 rings (SSSR count). The van der Waals surface area contributed by atoms with Gasteiger partial charge in [-0.3, -0.25) is 0 Å². The molecule has 1 aliphatic rings. The van der Waals surface area contributed by atoms with Gasteiger partial charge in [0.1, 0.15) is 11.6 Å². The van der Waals surface area contributed by atoms with Gasteiger partial charge in [0.25, 0.3) is 0 Å². The molecule has 0 aliphatic heterocycles. The third-order valence-corrected chi connectivity index (χ3v) is 3.77. The lowest BCUT2D eigenvalue weighted by Gasteiger charge is -2.18. The number of hydrogen-bond donors (Lipinski definition) is 2. The highest BCUT2D eigenvalue weighted by Gasteiger charge is 2.40. The van der Waals surface area contributed by atoms with Crippen molar-refractivity contribution in [3.05, 3.63) is 17.8 Å². The Morgan fingerprint density at radius 1 is 1.33 bits per heavy atom. The quantitative estimate of drug-likeness (QED) is 0.747. The Hall–Kier alpha value is -1.24. The molecule has 4 atom stereocenters. The van der Waals surface area contributed by atoms with Gasteiger partial charge in [0.15, 0.2) is 5.65 Å². The first-order valence-electron chi connectivity index (χ1n) is 5.79. The molecule has 0 radical (unpaired) electrons. The molecule has 7 heteroatoms. The predicted molar refractivity (Wildman–Crippen MR) is 65.2 cm³/mol. The summed E-state index contributed by atoms with van der Waals surface area (Å²) in [6.07, 6.45) is 2.29. The highest BCUT2D eigenvalue weighted by atomic mass is 35.5. The van der Waals surface area contributed by atoms with E-state index in [4.69, 9.17) is 11.6 Å². The van der Waals surface area contributed by atoms with E-state index >= 15 is 0 Å². The minimum Gasteiger partial charge on any atom is -0.390 e. The van der Waals surface area contributed by atoms with Crippen molar-refractivity contribution in [2.45, 2.75) is 31.6 Å². The second kappa shape index (κ2) is 4.15. The van der Waals surface area contributed by atoms with E-state index in [1.165, 1.54) is 0 Å². The Bertz CT molecular complexity index is 587. The third kappa shape index (κ3) is 1.68. The van der Waals surface area contributed by atoms with Gasteiger partial charge in [-0.1, -0.05) is 6.92 Å². The molecule has 6 nitrogen and oxygen atoms in total. The molecule has 0 amide bonds. The van der Waals surface area contributed by atoms with Crippen molar-refractivity contribution >= 4 is 22.8 Å². The molecule has 1 fully saturated rings. The average Bonchev–Trinajstić information content (AvgIpc) is 2.86. The highest BCUT2D eigenvalue weighted by molar-refractivity contribution is 6.28. The first-order valence-corrected chi connectivity index (χ1v) is 6.17. The lowest BCUT2D eigenvalue weighted by Crippen LogP contribution is -2.28. The average molecular weight is 269 g/mol. The summed E-state index contributed by atoms with van der Waals surface area (Å²) in [7, 11) is 0. The summed E-state index contributed by atoms with van der Waals surface area (Å²) in [5.74, 6) is 0.0414. The number of aliphatic hydroxyl groups excluding tert-OH is 2. The maximum Gasteiger partial charge on any atom is 0.224 e. The molecule has 2 N–H and O–H groups in total. The van der Waals surface area contributed by atoms with Gasteiger partial charge in [0, 0.05) is 0 Å². The molecule has 0 bridgehead atoms. The maximum atomic E-state index is 10.1. The molecule has 96 valence electrons. The van der Waals surface area contributed by atoms with E-state index in [0.29, 0.717) is 17.6 Å². The van der Waals surface area contributed by atoms with Crippen molar-refractivity contribution in [2.75, 3.05) is 0 Å². The maximum absolute atomic E-state index is 10.1. The van der Waals surface area contributed by atoms with E-state index < -0.39 is 12.2 Å². The zero-order valence-electron chi connectivity index (χ0n) is 9.73. The molecule has 0 aromatic carbocycles. The topological polar surface area (TPSA) is 84.1 Å². The van der Waals surface area contributed by atoms with Crippen LogP contribution in [-0.4, -0.2) is 41.9 Å². The Kier molecular flexibility index (Phi) is 2.73. The van der Waals surface area contributed by atoms with E-state index in [9.17, 15) is 10.2 Å². The van der Waals surface area contributed by atoms with Crippen LogP contribution in [0, 0.1) is 5.92 Å². The largest absolute Gasteiger partial charge is 0.390 e. The van der Waals surface area contributed by atoms with E-state index in [2.05, 4.69) is 15.0 Å². The predicted octanol–water partition coefficient (Wildman–Crippen LogP) is 0.782. The van der Waals surface area contributed by atoms with Crippen molar-refractivity contribution in [1.82, 2.24) is 19.5 Å². The van der Waals surface area contributed by atoms with Crippen molar-refractivity contribution in [3.63, 3.8) is 0 Å². The number of hydrogen-bond acceptors (Lipinski definition) is 5. The number of fused-ring (bicyclic) bond motifs is 1. The standard InChI is InChI=1S/C11H13ClN4O2/c1-5-2-7(9(18)8(5)17)16-4-14-6-3-13-11(12)15-10(6)16/h3-5,7-9,17-18H,2H2,1H3/t5-,7+,8+,9-/m0/s1. The molecule has 18 heavy (non-hydrogen) atoms. The smallest absolute Gasteiger partial charge is 0.224 e. The lowest BCUT2D eigenvalue weighted by atomic mass is 10.1. The van der Waals surface area contributed by atoms with E-state index in [0.717, 1.165) is 0 Å². The van der Waals surface area contributed by atoms with Crippen LogP contribution in [-0.2, 0) is 0 Å². The number of halogens is 1. The fourth-order valence-corrected chi connectivity index (χ4v) is 2.68. The molecular formula is C11H13ClN4O2. The Balaban J connectivity index is 2.07. The zero-order chi connectivity index (χ0) is 12.9. The van der Waals surface area contributed by atoms with Crippen molar-refractivity contribution < 1.29 is 10.2 Å². The lowest BCUT2D eigenvalue weighted by molar-refractivity contribution is 0.00964. The van der Waals surface area contributed by atoms with Crippen LogP contribution in [0.25, 0.3) is 11.2 Å². The Labute approximate surface area is 108 Å². The molecular weight excluding hydrogens is 256 g/mol. The van der Waals surface area contributed by atoms with E-state index in [1.807, 2.05) is 6.92 Å². The van der Waals surface area contributed by atoms with Crippen LogP contribution in [0.15, 0.2) is 12.5 Å². The number of aromatic nitrogens is 4. The first-order chi connectivity index (χ1) is 8.58. The highest BCUT2D eigenvalue weighted by Crippen LogP contribution is 2.36. The first kappa shape index (κ1) is 11.8. The number of rotatable bonds is 1. The van der Waals surface area contributed by atoms with Crippen LogP contribution < -0.4 is 0 Å². The van der Waals surface area contributed by atoms with Crippen LogP contribution >= 0.6 is 11.6 Å². The second-order valence-electron chi connectivity index (χ2n) is 4.76. The minimum atomic E-state index is -0.814. The number of nitrogens with zero attached hydrogens (tertiary/aromatic N) is 4. The van der Waals surface area contributed by atoms with Gasteiger partial charge in [0.05, 0.1) is 24.7 Å². The van der Waals surface area contributed by atoms with Gasteiger partial charge in [-0.25, -0.2) is 9.97 Å². The fraction of sp³-hybridized carbons (Fsp3) is 0.545. The molecule has 1 saturated carbocycles. The molecule has 2 heterocycles. The minimum absolute atomic E-state index is 0.0414. The summed E-state index contributed by atoms with van der Waals surface area (Å²) in [6.45, 7) is 1.91. The van der Waals surface area contributed by atoms with Crippen molar-refractivity contribution in [2.24, 2.45) is 5.92 Å². The molecule has 2 aromatic rings. The molecule has 0 saturated heterocycles. The summed E-state index contributed by atoms with van der Waals surface area (Å²) in [6, 6.07) is -0.231. The van der Waals surface area contributed by atoms with Gasteiger partial charge in [0.2, 0.25) is 5.28 Å². The second-order valence-corrected chi connectivity index (χ2v) is 5.10. The van der Waals surface area contributed by atoms with E-state index in [-0.39, 0.29) is 17.2 Å². The van der Waals surface area contributed by atoms with Crippen LogP contribution in [0.2, 0.25) is 5.28 Å². The van der Waals surface area contributed by atoms with Crippen LogP contribution in [0.5, 0.6) is 0 Å². The van der Waals surface area contributed by atoms with Crippen LogP contribution in [0.3, 0.4) is 0 Å². The Morgan fingerprint density at radius 3 is 2.78 bits per heavy atom. The summed E-state index contributed by atoms with van der Waals surface area (Å²) >= 11 is 5.77. The molecule has 0 spiro atoms. The SMILES string of the molecule is C[C@H]1C[C@@H](n2cnc3cnc(Cl)nc32)[C@H](O)[C@@H]1O. The molecule has 0 unspecified atom stereocenters. The third-order valence-electron chi connectivity index (χ3n) is 3.58. The monoisotopic (exact) mass is 268 g/mol. The summed E-state index contributed by atoms with van der Waals surface area (Å²) in [5.41, 5.74) is 1.21. The number of aliphatic hydroxyl groups is 2. The van der Waals surface area contributed by atoms with Crippen molar-refractivity contribution in [3.8, 4) is 0 Å².